The minimum atomic E-state index is 0.522. The summed E-state index contributed by atoms with van der Waals surface area (Å²) in [5, 5.41) is 3.43. The maximum atomic E-state index is 4.39. The fourth-order valence-electron chi connectivity index (χ4n) is 1.20. The van der Waals surface area contributed by atoms with Crippen LogP contribution in [-0.4, -0.2) is 4.98 Å². The number of hydrogen-bond acceptors (Lipinski definition) is 2. The Morgan fingerprint density at radius 2 is 2.25 bits per heavy atom. The minimum absolute atomic E-state index is 0.522. The van der Waals surface area contributed by atoms with E-state index in [4.69, 9.17) is 0 Å². The minimum Gasteiger partial charge on any atom is -0.260 e. The van der Waals surface area contributed by atoms with Gasteiger partial charge in [-0.25, -0.2) is 0 Å². The lowest BCUT2D eigenvalue weighted by molar-refractivity contribution is 0.826. The Bertz CT molecular complexity index is 389. The molecule has 1 nitrogen and oxygen atoms in total. The van der Waals surface area contributed by atoms with Gasteiger partial charge in [0.25, 0.3) is 0 Å². The fraction of sp³-hybridized carbons (Fsp3) is 0.300. The van der Waals surface area contributed by atoms with Gasteiger partial charge in [0.2, 0.25) is 0 Å². The molecule has 0 amide bonds. The van der Waals surface area contributed by atoms with Gasteiger partial charge in [0.05, 0.1) is 4.70 Å². The summed E-state index contributed by atoms with van der Waals surface area (Å²) >= 11 is 1.75. The summed E-state index contributed by atoms with van der Waals surface area (Å²) in [6.07, 6.45) is 1.97. The molecule has 2 rings (SSSR count). The van der Waals surface area contributed by atoms with Crippen LogP contribution in [0.5, 0.6) is 0 Å². The molecule has 12 heavy (non-hydrogen) atoms. The van der Waals surface area contributed by atoms with Crippen molar-refractivity contribution >= 4 is 21.4 Å². The van der Waals surface area contributed by atoms with Crippen LogP contribution in [0, 0.1) is 0 Å². The van der Waals surface area contributed by atoms with E-state index in [0.717, 1.165) is 0 Å². The first-order valence-corrected chi connectivity index (χ1v) is 4.98. The monoisotopic (exact) mass is 177 g/mol. The molecule has 2 heterocycles. The first kappa shape index (κ1) is 7.74. The number of aromatic nitrogens is 1. The molecule has 0 fully saturated rings. The summed E-state index contributed by atoms with van der Waals surface area (Å²) in [5.41, 5.74) is 1.18. The molecule has 2 heteroatoms. The first-order valence-electron chi connectivity index (χ1n) is 4.10. The third kappa shape index (κ3) is 1.23. The zero-order valence-electron chi connectivity index (χ0n) is 7.24. The van der Waals surface area contributed by atoms with Gasteiger partial charge in [0.1, 0.15) is 0 Å². The zero-order valence-corrected chi connectivity index (χ0v) is 8.06. The predicted octanol–water partition coefficient (Wildman–Crippen LogP) is 3.42. The van der Waals surface area contributed by atoms with Gasteiger partial charge in [-0.2, -0.15) is 0 Å². The Hall–Kier alpha value is -0.890. The van der Waals surface area contributed by atoms with Crippen LogP contribution in [0.3, 0.4) is 0 Å². The van der Waals surface area contributed by atoms with E-state index in [1.165, 1.54) is 15.8 Å². The maximum absolute atomic E-state index is 4.39. The van der Waals surface area contributed by atoms with Crippen molar-refractivity contribution in [3.8, 4) is 0 Å². The topological polar surface area (TPSA) is 12.9 Å². The van der Waals surface area contributed by atoms with Crippen molar-refractivity contribution in [2.75, 3.05) is 0 Å². The summed E-state index contributed by atoms with van der Waals surface area (Å²) in [6, 6.07) is 4.32. The van der Waals surface area contributed by atoms with Crippen molar-refractivity contribution in [3.05, 3.63) is 29.4 Å². The lowest BCUT2D eigenvalue weighted by atomic mass is 10.1. The van der Waals surface area contributed by atoms with Gasteiger partial charge in [0.15, 0.2) is 0 Å². The number of pyridine rings is 1. The number of rotatable bonds is 1. The van der Waals surface area contributed by atoms with Crippen molar-refractivity contribution in [1.82, 2.24) is 4.98 Å². The highest BCUT2D eigenvalue weighted by Gasteiger charge is 2.01. The quantitative estimate of drug-likeness (QED) is 0.650. The number of thiophene rings is 1. The molecule has 2 aromatic rings. The maximum Gasteiger partial charge on any atom is 0.0526 e. The molecule has 0 aromatic carbocycles. The molecule has 0 saturated heterocycles. The second-order valence-corrected chi connectivity index (χ2v) is 4.17. The van der Waals surface area contributed by atoms with Crippen LogP contribution >= 0.6 is 11.3 Å². The summed E-state index contributed by atoms with van der Waals surface area (Å²) < 4.78 is 1.28. The number of hydrogen-bond donors (Lipinski definition) is 0. The third-order valence-corrected chi connectivity index (χ3v) is 2.82. The van der Waals surface area contributed by atoms with E-state index in [0.29, 0.717) is 5.92 Å². The van der Waals surface area contributed by atoms with Gasteiger partial charge < -0.3 is 0 Å². The average Bonchev–Trinajstić information content (AvgIpc) is 2.49. The Morgan fingerprint density at radius 1 is 1.42 bits per heavy atom. The highest BCUT2D eigenvalue weighted by molar-refractivity contribution is 7.17. The highest BCUT2D eigenvalue weighted by Crippen LogP contribution is 2.22. The lowest BCUT2D eigenvalue weighted by Crippen LogP contribution is -1.89. The van der Waals surface area contributed by atoms with E-state index in [2.05, 4.69) is 36.3 Å². The molecule has 0 saturated carbocycles. The van der Waals surface area contributed by atoms with E-state index in [1.54, 1.807) is 11.3 Å². The predicted molar refractivity (Wildman–Crippen MR) is 53.7 cm³/mol. The molecular formula is C10H11NS. The van der Waals surface area contributed by atoms with Crippen LogP contribution < -0.4 is 0 Å². The van der Waals surface area contributed by atoms with Crippen LogP contribution in [0.1, 0.15) is 25.5 Å². The van der Waals surface area contributed by atoms with E-state index in [1.807, 2.05) is 6.20 Å². The largest absolute Gasteiger partial charge is 0.260 e. The normalized spacial score (nSPS) is 11.2. The van der Waals surface area contributed by atoms with Crippen LogP contribution in [-0.2, 0) is 0 Å². The summed E-state index contributed by atoms with van der Waals surface area (Å²) in [5.74, 6) is 0.522. The molecule has 0 unspecified atom stereocenters. The first-order chi connectivity index (χ1) is 5.77. The van der Waals surface area contributed by atoms with Gasteiger partial charge in [-0.1, -0.05) is 13.8 Å². The van der Waals surface area contributed by atoms with Gasteiger partial charge in [-0.3, -0.25) is 4.98 Å². The molecule has 0 bridgehead atoms. The summed E-state index contributed by atoms with van der Waals surface area (Å²) in [7, 11) is 0. The molecule has 2 aromatic heterocycles. The molecule has 62 valence electrons. The van der Waals surface area contributed by atoms with Crippen molar-refractivity contribution in [3.63, 3.8) is 0 Å². The van der Waals surface area contributed by atoms with Crippen LogP contribution in [0.4, 0.5) is 0 Å². The number of nitrogens with zero attached hydrogens (tertiary/aromatic N) is 1. The molecule has 0 N–H and O–H groups in total. The van der Waals surface area contributed by atoms with E-state index in [9.17, 15) is 0 Å². The van der Waals surface area contributed by atoms with Crippen LogP contribution in [0.15, 0.2) is 23.7 Å². The van der Waals surface area contributed by atoms with E-state index < -0.39 is 0 Å². The average molecular weight is 177 g/mol. The zero-order chi connectivity index (χ0) is 8.55. The SMILES string of the molecule is CC(C)c1cc2ccsc2cn1. The second kappa shape index (κ2) is 2.87. The molecule has 0 aliphatic rings. The molecule has 0 aliphatic carbocycles. The van der Waals surface area contributed by atoms with Crippen molar-refractivity contribution in [1.29, 1.82) is 0 Å². The summed E-state index contributed by atoms with van der Waals surface area (Å²) in [4.78, 5) is 4.39. The lowest BCUT2D eigenvalue weighted by Gasteiger charge is -2.02. The third-order valence-electron chi connectivity index (χ3n) is 1.95. The van der Waals surface area contributed by atoms with Gasteiger partial charge >= 0.3 is 0 Å². The van der Waals surface area contributed by atoms with Crippen molar-refractivity contribution in [2.45, 2.75) is 19.8 Å². The molecule has 0 radical (unpaired) electrons. The number of fused-ring (bicyclic) bond motifs is 1. The molecule has 0 aliphatic heterocycles. The van der Waals surface area contributed by atoms with Gasteiger partial charge in [-0.15, -0.1) is 11.3 Å². The fourth-order valence-corrected chi connectivity index (χ4v) is 1.94. The van der Waals surface area contributed by atoms with Crippen molar-refractivity contribution < 1.29 is 0 Å². The Kier molecular flexibility index (Phi) is 1.85. The Morgan fingerprint density at radius 3 is 3.00 bits per heavy atom. The van der Waals surface area contributed by atoms with Crippen LogP contribution in [0.2, 0.25) is 0 Å². The Labute approximate surface area is 76.1 Å². The summed E-state index contributed by atoms with van der Waals surface area (Å²) in [6.45, 7) is 4.33. The van der Waals surface area contributed by atoms with E-state index >= 15 is 0 Å². The Balaban J connectivity index is 2.60. The molecule has 0 atom stereocenters. The highest BCUT2D eigenvalue weighted by atomic mass is 32.1. The molecule has 0 spiro atoms. The van der Waals surface area contributed by atoms with Crippen molar-refractivity contribution in [2.24, 2.45) is 0 Å². The smallest absolute Gasteiger partial charge is 0.0526 e. The van der Waals surface area contributed by atoms with E-state index in [-0.39, 0.29) is 0 Å². The van der Waals surface area contributed by atoms with Gasteiger partial charge in [0, 0.05) is 11.9 Å². The second-order valence-electron chi connectivity index (χ2n) is 3.22. The van der Waals surface area contributed by atoms with Gasteiger partial charge in [-0.05, 0) is 28.8 Å². The standard InChI is InChI=1S/C10H11NS/c1-7(2)9-5-8-3-4-12-10(8)6-11-9/h3-7H,1-2H3. The molecular weight excluding hydrogens is 166 g/mol. The van der Waals surface area contributed by atoms with Crippen LogP contribution in [0.25, 0.3) is 10.1 Å².